The zero-order valence-corrected chi connectivity index (χ0v) is 11.4. The highest BCUT2D eigenvalue weighted by molar-refractivity contribution is 7.03. The second-order valence-corrected chi connectivity index (χ2v) is 5.33. The monoisotopic (exact) mass is 267 g/mol. The molecule has 0 saturated heterocycles. The van der Waals surface area contributed by atoms with E-state index in [9.17, 15) is 0 Å². The number of hydrogen-bond donors (Lipinski definition) is 0. The average Bonchev–Trinajstić information content (AvgIpc) is 2.79. The van der Waals surface area contributed by atoms with Gasteiger partial charge in [0.1, 0.15) is 10.8 Å². The molecule has 0 fully saturated rings. The molecule has 0 amide bonds. The van der Waals surface area contributed by atoms with E-state index >= 15 is 0 Å². The van der Waals surface area contributed by atoms with Crippen LogP contribution in [0.25, 0.3) is 11.3 Å². The molecule has 2 heterocycles. The van der Waals surface area contributed by atoms with E-state index in [1.807, 2.05) is 17.5 Å². The summed E-state index contributed by atoms with van der Waals surface area (Å²) in [4.78, 5) is 4.40. The molecule has 0 aliphatic carbocycles. The van der Waals surface area contributed by atoms with E-state index in [4.69, 9.17) is 11.6 Å². The summed E-state index contributed by atoms with van der Waals surface area (Å²) < 4.78 is 3.83. The van der Waals surface area contributed by atoms with E-state index in [2.05, 4.69) is 28.4 Å². The van der Waals surface area contributed by atoms with Gasteiger partial charge >= 0.3 is 0 Å². The van der Waals surface area contributed by atoms with Crippen LogP contribution in [0.2, 0.25) is 5.15 Å². The largest absolute Gasteiger partial charge is 0.240 e. The van der Waals surface area contributed by atoms with Crippen LogP contribution in [0.15, 0.2) is 17.5 Å². The van der Waals surface area contributed by atoms with Crippen LogP contribution in [0, 0.1) is 5.92 Å². The van der Waals surface area contributed by atoms with Gasteiger partial charge in [0.05, 0.1) is 0 Å². The Morgan fingerprint density at radius 1 is 1.35 bits per heavy atom. The van der Waals surface area contributed by atoms with E-state index in [1.165, 1.54) is 11.5 Å². The lowest BCUT2D eigenvalue weighted by Crippen LogP contribution is -1.96. The van der Waals surface area contributed by atoms with Gasteiger partial charge in [-0.2, -0.15) is 0 Å². The molecule has 2 aromatic rings. The van der Waals surface area contributed by atoms with E-state index < -0.39 is 0 Å². The molecule has 2 aromatic heterocycles. The first-order chi connectivity index (χ1) is 8.16. The summed E-state index contributed by atoms with van der Waals surface area (Å²) in [6.07, 6.45) is 2.09. The highest BCUT2D eigenvalue weighted by Crippen LogP contribution is 2.25. The molecule has 5 heteroatoms. The second-order valence-electron chi connectivity index (χ2n) is 4.36. The van der Waals surface area contributed by atoms with Crippen molar-refractivity contribution in [1.82, 2.24) is 14.6 Å². The zero-order valence-electron chi connectivity index (χ0n) is 9.85. The van der Waals surface area contributed by atoms with Crippen molar-refractivity contribution in [3.05, 3.63) is 28.4 Å². The molecular formula is C12H14ClN3S. The van der Waals surface area contributed by atoms with Crippen LogP contribution in [0.1, 0.15) is 26.0 Å². The van der Waals surface area contributed by atoms with Crippen LogP contribution in [0.4, 0.5) is 0 Å². The van der Waals surface area contributed by atoms with Crippen molar-refractivity contribution in [2.75, 3.05) is 0 Å². The van der Waals surface area contributed by atoms with Crippen LogP contribution < -0.4 is 0 Å². The fourth-order valence-corrected chi connectivity index (χ4v) is 2.25. The Bertz CT molecular complexity index is 483. The summed E-state index contributed by atoms with van der Waals surface area (Å²) in [6.45, 7) is 4.41. The predicted molar refractivity (Wildman–Crippen MR) is 71.3 cm³/mol. The Labute approximate surface area is 110 Å². The zero-order chi connectivity index (χ0) is 12.3. The number of halogens is 1. The van der Waals surface area contributed by atoms with Crippen molar-refractivity contribution >= 4 is 23.1 Å². The van der Waals surface area contributed by atoms with Crippen molar-refractivity contribution in [3.63, 3.8) is 0 Å². The van der Waals surface area contributed by atoms with Crippen LogP contribution in [-0.4, -0.2) is 14.6 Å². The topological polar surface area (TPSA) is 38.7 Å². The Kier molecular flexibility index (Phi) is 4.07. The van der Waals surface area contributed by atoms with Crippen molar-refractivity contribution in [3.8, 4) is 11.3 Å². The van der Waals surface area contributed by atoms with Crippen molar-refractivity contribution in [1.29, 1.82) is 0 Å². The highest BCUT2D eigenvalue weighted by atomic mass is 35.5. The van der Waals surface area contributed by atoms with E-state index in [1.54, 1.807) is 0 Å². The SMILES string of the molecule is CC(C)CCc1ccc(-c2csnn2)c(Cl)n1. The maximum Gasteiger partial charge on any atom is 0.138 e. The summed E-state index contributed by atoms with van der Waals surface area (Å²) in [5, 5.41) is 6.38. The molecule has 0 aliphatic heterocycles. The number of rotatable bonds is 4. The minimum atomic E-state index is 0.513. The number of aryl methyl sites for hydroxylation is 1. The maximum absolute atomic E-state index is 6.16. The minimum Gasteiger partial charge on any atom is -0.240 e. The van der Waals surface area contributed by atoms with Crippen molar-refractivity contribution in [2.45, 2.75) is 26.7 Å². The average molecular weight is 268 g/mol. The molecule has 0 radical (unpaired) electrons. The maximum atomic E-state index is 6.16. The van der Waals surface area contributed by atoms with E-state index in [0.717, 1.165) is 29.8 Å². The molecule has 3 nitrogen and oxygen atoms in total. The van der Waals surface area contributed by atoms with Crippen LogP contribution in [0.3, 0.4) is 0 Å². The molecule has 90 valence electrons. The van der Waals surface area contributed by atoms with Gasteiger partial charge in [0, 0.05) is 16.6 Å². The summed E-state index contributed by atoms with van der Waals surface area (Å²) in [6, 6.07) is 3.99. The highest BCUT2D eigenvalue weighted by Gasteiger charge is 2.08. The third kappa shape index (κ3) is 3.23. The molecule has 0 aromatic carbocycles. The summed E-state index contributed by atoms with van der Waals surface area (Å²) >= 11 is 7.48. The standard InChI is InChI=1S/C12H14ClN3S/c1-8(2)3-4-9-5-6-10(12(13)14-9)11-7-17-16-15-11/h5-8H,3-4H2,1-2H3. The van der Waals surface area contributed by atoms with E-state index in [0.29, 0.717) is 11.1 Å². The molecule has 2 rings (SSSR count). The summed E-state index contributed by atoms with van der Waals surface area (Å²) in [5.74, 6) is 0.679. The molecule has 0 bridgehead atoms. The number of aromatic nitrogens is 3. The predicted octanol–water partition coefficient (Wildman–Crippen LogP) is 3.84. The molecule has 17 heavy (non-hydrogen) atoms. The van der Waals surface area contributed by atoms with Gasteiger partial charge in [0.15, 0.2) is 0 Å². The lowest BCUT2D eigenvalue weighted by atomic mass is 10.1. The Morgan fingerprint density at radius 3 is 2.76 bits per heavy atom. The normalized spacial score (nSPS) is 11.1. The van der Waals surface area contributed by atoms with Crippen molar-refractivity contribution in [2.24, 2.45) is 5.92 Å². The van der Waals surface area contributed by atoms with Gasteiger partial charge in [-0.1, -0.05) is 29.9 Å². The van der Waals surface area contributed by atoms with Gasteiger partial charge in [-0.05, 0) is 42.4 Å². The molecule has 0 saturated carbocycles. The smallest absolute Gasteiger partial charge is 0.138 e. The first-order valence-corrected chi connectivity index (χ1v) is 6.81. The molecular weight excluding hydrogens is 254 g/mol. The second kappa shape index (κ2) is 5.56. The van der Waals surface area contributed by atoms with Crippen molar-refractivity contribution < 1.29 is 0 Å². The van der Waals surface area contributed by atoms with Crippen LogP contribution in [0.5, 0.6) is 0 Å². The third-order valence-corrected chi connectivity index (χ3v) is 3.31. The van der Waals surface area contributed by atoms with Crippen LogP contribution in [-0.2, 0) is 6.42 Å². The molecule has 0 unspecified atom stereocenters. The van der Waals surface area contributed by atoms with Gasteiger partial charge < -0.3 is 0 Å². The van der Waals surface area contributed by atoms with Gasteiger partial charge in [-0.15, -0.1) is 5.10 Å². The first kappa shape index (κ1) is 12.5. The number of hydrogen-bond acceptors (Lipinski definition) is 4. The van der Waals surface area contributed by atoms with Crippen LogP contribution >= 0.6 is 23.1 Å². The fourth-order valence-electron chi connectivity index (χ4n) is 1.52. The van der Waals surface area contributed by atoms with Gasteiger partial charge in [-0.3, -0.25) is 0 Å². The Hall–Kier alpha value is -1.000. The first-order valence-electron chi connectivity index (χ1n) is 5.59. The molecule has 0 N–H and O–H groups in total. The van der Waals surface area contributed by atoms with Gasteiger partial charge in [0.2, 0.25) is 0 Å². The number of pyridine rings is 1. The third-order valence-electron chi connectivity index (χ3n) is 2.52. The lowest BCUT2D eigenvalue weighted by molar-refractivity contribution is 0.581. The molecule has 0 spiro atoms. The van der Waals surface area contributed by atoms with Gasteiger partial charge in [-0.25, -0.2) is 4.98 Å². The van der Waals surface area contributed by atoms with Gasteiger partial charge in [0.25, 0.3) is 0 Å². The lowest BCUT2D eigenvalue weighted by Gasteiger charge is -2.06. The van der Waals surface area contributed by atoms with E-state index in [-0.39, 0.29) is 0 Å². The Balaban J connectivity index is 2.17. The minimum absolute atomic E-state index is 0.513. The fraction of sp³-hybridized carbons (Fsp3) is 0.417. The molecule has 0 atom stereocenters. The summed E-state index contributed by atoms with van der Waals surface area (Å²) in [7, 11) is 0. The summed E-state index contributed by atoms with van der Waals surface area (Å²) in [5.41, 5.74) is 2.69. The quantitative estimate of drug-likeness (QED) is 0.790. The molecule has 0 aliphatic rings. The number of nitrogens with zero attached hydrogens (tertiary/aromatic N) is 3. The Morgan fingerprint density at radius 2 is 2.18 bits per heavy atom.